The molecule has 18 heavy (non-hydrogen) atoms. The number of carbonyl (C=O) groups excluding carboxylic acids is 1. The van der Waals surface area contributed by atoms with Crippen LogP contribution in [-0.4, -0.2) is 29.7 Å². The van der Waals surface area contributed by atoms with Crippen molar-refractivity contribution >= 4 is 5.91 Å². The van der Waals surface area contributed by atoms with E-state index in [1.807, 2.05) is 37.3 Å². The van der Waals surface area contributed by atoms with Crippen molar-refractivity contribution in [3.8, 4) is 0 Å². The molecule has 1 rings (SSSR count). The van der Waals surface area contributed by atoms with Crippen LogP contribution in [-0.2, 0) is 11.2 Å². The molecule has 0 fully saturated rings. The van der Waals surface area contributed by atoms with E-state index in [1.54, 1.807) is 0 Å². The lowest BCUT2D eigenvalue weighted by atomic mass is 10.1. The molecular formula is C14H22N2O2. The van der Waals surface area contributed by atoms with Crippen molar-refractivity contribution in [2.24, 2.45) is 5.73 Å². The van der Waals surface area contributed by atoms with Gasteiger partial charge >= 0.3 is 0 Å². The van der Waals surface area contributed by atoms with Crippen LogP contribution in [0, 0.1) is 0 Å². The maximum Gasteiger partial charge on any atom is 0.221 e. The predicted octanol–water partition coefficient (Wildman–Crippen LogP) is 0.834. The molecule has 2 unspecified atom stereocenters. The number of amides is 1. The summed E-state index contributed by atoms with van der Waals surface area (Å²) in [6.45, 7) is 1.88. The Kier molecular flexibility index (Phi) is 6.39. The van der Waals surface area contributed by atoms with Gasteiger partial charge in [0.15, 0.2) is 0 Å². The Bertz CT molecular complexity index is 354. The second-order valence-corrected chi connectivity index (χ2v) is 4.51. The summed E-state index contributed by atoms with van der Waals surface area (Å²) in [5.41, 5.74) is 6.81. The molecule has 1 amide bonds. The van der Waals surface area contributed by atoms with Crippen molar-refractivity contribution in [1.29, 1.82) is 0 Å². The first kappa shape index (κ1) is 14.7. The molecule has 1 aromatic carbocycles. The quantitative estimate of drug-likeness (QED) is 0.671. The Hall–Kier alpha value is -1.39. The second kappa shape index (κ2) is 7.84. The Morgan fingerprint density at radius 3 is 2.61 bits per heavy atom. The van der Waals surface area contributed by atoms with Crippen LogP contribution >= 0.6 is 0 Å². The van der Waals surface area contributed by atoms with E-state index in [4.69, 9.17) is 5.73 Å². The summed E-state index contributed by atoms with van der Waals surface area (Å²) in [5.74, 6) is -0.0978. The van der Waals surface area contributed by atoms with Crippen LogP contribution in [0.15, 0.2) is 30.3 Å². The summed E-state index contributed by atoms with van der Waals surface area (Å²) < 4.78 is 0. The van der Waals surface area contributed by atoms with Gasteiger partial charge < -0.3 is 16.2 Å². The molecule has 0 radical (unpaired) electrons. The van der Waals surface area contributed by atoms with Gasteiger partial charge in [0.05, 0.1) is 12.6 Å². The van der Waals surface area contributed by atoms with E-state index in [-0.39, 0.29) is 24.6 Å². The van der Waals surface area contributed by atoms with Gasteiger partial charge in [0.1, 0.15) is 0 Å². The Morgan fingerprint density at radius 1 is 1.39 bits per heavy atom. The molecule has 0 spiro atoms. The van der Waals surface area contributed by atoms with E-state index in [1.165, 1.54) is 0 Å². The van der Waals surface area contributed by atoms with Crippen molar-refractivity contribution in [3.05, 3.63) is 35.9 Å². The average Bonchev–Trinajstić information content (AvgIpc) is 2.38. The van der Waals surface area contributed by atoms with Gasteiger partial charge in [-0.05, 0) is 18.4 Å². The van der Waals surface area contributed by atoms with Gasteiger partial charge in [-0.3, -0.25) is 4.79 Å². The van der Waals surface area contributed by atoms with Gasteiger partial charge in [-0.25, -0.2) is 0 Å². The number of carbonyl (C=O) groups is 1. The van der Waals surface area contributed by atoms with E-state index in [2.05, 4.69) is 5.32 Å². The number of hydrogen-bond acceptors (Lipinski definition) is 3. The highest BCUT2D eigenvalue weighted by Crippen LogP contribution is 2.03. The predicted molar refractivity (Wildman–Crippen MR) is 72.0 cm³/mol. The lowest BCUT2D eigenvalue weighted by molar-refractivity contribution is -0.122. The molecule has 0 bridgehead atoms. The summed E-state index contributed by atoms with van der Waals surface area (Å²) in [4.78, 5) is 11.7. The molecule has 0 aliphatic carbocycles. The number of benzene rings is 1. The first-order valence-electron chi connectivity index (χ1n) is 6.35. The van der Waals surface area contributed by atoms with E-state index in [0.717, 1.165) is 12.0 Å². The molecule has 2 atom stereocenters. The first-order chi connectivity index (χ1) is 8.65. The van der Waals surface area contributed by atoms with Crippen molar-refractivity contribution in [2.45, 2.75) is 38.3 Å². The van der Waals surface area contributed by atoms with Crippen molar-refractivity contribution < 1.29 is 9.90 Å². The summed E-state index contributed by atoms with van der Waals surface area (Å²) in [5, 5.41) is 12.1. The molecule has 4 N–H and O–H groups in total. The molecule has 100 valence electrons. The minimum atomic E-state index is -0.246. The third kappa shape index (κ3) is 5.29. The fourth-order valence-electron chi connectivity index (χ4n) is 1.73. The van der Waals surface area contributed by atoms with Gasteiger partial charge in [0.25, 0.3) is 0 Å². The van der Waals surface area contributed by atoms with Crippen LogP contribution in [0.4, 0.5) is 0 Å². The monoisotopic (exact) mass is 250 g/mol. The van der Waals surface area contributed by atoms with E-state index < -0.39 is 0 Å². The first-order valence-corrected chi connectivity index (χ1v) is 6.35. The normalized spacial score (nSPS) is 13.9. The zero-order valence-corrected chi connectivity index (χ0v) is 10.8. The molecule has 4 heteroatoms. The molecule has 4 nitrogen and oxygen atoms in total. The number of nitrogens with one attached hydrogen (secondary N) is 1. The van der Waals surface area contributed by atoms with Crippen molar-refractivity contribution in [2.75, 3.05) is 6.61 Å². The van der Waals surface area contributed by atoms with Gasteiger partial charge in [0.2, 0.25) is 5.91 Å². The van der Waals surface area contributed by atoms with Gasteiger partial charge in [-0.15, -0.1) is 0 Å². The van der Waals surface area contributed by atoms with Crippen LogP contribution in [0.1, 0.15) is 25.3 Å². The van der Waals surface area contributed by atoms with Gasteiger partial charge in [-0.1, -0.05) is 37.3 Å². The zero-order valence-electron chi connectivity index (χ0n) is 10.8. The minimum Gasteiger partial charge on any atom is -0.394 e. The summed E-state index contributed by atoms with van der Waals surface area (Å²) in [6.07, 6.45) is 1.71. The zero-order chi connectivity index (χ0) is 13.4. The minimum absolute atomic E-state index is 0.0675. The van der Waals surface area contributed by atoms with Crippen molar-refractivity contribution in [3.63, 3.8) is 0 Å². The van der Waals surface area contributed by atoms with E-state index in [0.29, 0.717) is 12.8 Å². The van der Waals surface area contributed by atoms with Gasteiger partial charge in [0, 0.05) is 12.5 Å². The lowest BCUT2D eigenvalue weighted by Gasteiger charge is -2.17. The average molecular weight is 250 g/mol. The smallest absolute Gasteiger partial charge is 0.221 e. The highest BCUT2D eigenvalue weighted by molar-refractivity contribution is 5.76. The summed E-state index contributed by atoms with van der Waals surface area (Å²) in [6, 6.07) is 9.43. The second-order valence-electron chi connectivity index (χ2n) is 4.51. The Morgan fingerprint density at radius 2 is 2.06 bits per heavy atom. The fourth-order valence-corrected chi connectivity index (χ4v) is 1.73. The number of aliphatic hydroxyl groups excluding tert-OH is 1. The van der Waals surface area contributed by atoms with Crippen LogP contribution in [0.3, 0.4) is 0 Å². The lowest BCUT2D eigenvalue weighted by Crippen LogP contribution is -2.41. The van der Waals surface area contributed by atoms with Crippen LogP contribution in [0.25, 0.3) is 0 Å². The number of nitrogens with two attached hydrogens (primary N) is 1. The van der Waals surface area contributed by atoms with Crippen molar-refractivity contribution in [1.82, 2.24) is 5.32 Å². The third-order valence-corrected chi connectivity index (χ3v) is 2.88. The highest BCUT2D eigenvalue weighted by atomic mass is 16.3. The highest BCUT2D eigenvalue weighted by Gasteiger charge is 2.13. The van der Waals surface area contributed by atoms with Gasteiger partial charge in [-0.2, -0.15) is 0 Å². The number of hydrogen-bond donors (Lipinski definition) is 3. The maximum absolute atomic E-state index is 11.7. The SMILES string of the molecule is CCC(N)CC(=O)NC(CO)Cc1ccccc1. The Balaban J connectivity index is 2.45. The fraction of sp³-hybridized carbons (Fsp3) is 0.500. The number of rotatable bonds is 7. The van der Waals surface area contributed by atoms with Crippen LogP contribution in [0.2, 0.25) is 0 Å². The van der Waals surface area contributed by atoms with Crippen LogP contribution in [0.5, 0.6) is 0 Å². The molecule has 0 aromatic heterocycles. The molecule has 0 aliphatic rings. The standard InChI is InChI=1S/C14H22N2O2/c1-2-12(15)9-14(18)16-13(10-17)8-11-6-4-3-5-7-11/h3-7,12-13,17H,2,8-10,15H2,1H3,(H,16,18). The largest absolute Gasteiger partial charge is 0.394 e. The third-order valence-electron chi connectivity index (χ3n) is 2.88. The molecule has 1 aromatic rings. The molecule has 0 aliphatic heterocycles. The maximum atomic E-state index is 11.7. The van der Waals surface area contributed by atoms with E-state index >= 15 is 0 Å². The Labute approximate surface area is 108 Å². The van der Waals surface area contributed by atoms with Crippen LogP contribution < -0.4 is 11.1 Å². The van der Waals surface area contributed by atoms with E-state index in [9.17, 15) is 9.90 Å². The molecule has 0 saturated heterocycles. The molecule has 0 saturated carbocycles. The molecule has 0 heterocycles. The topological polar surface area (TPSA) is 75.4 Å². The summed E-state index contributed by atoms with van der Waals surface area (Å²) in [7, 11) is 0. The number of aliphatic hydroxyl groups is 1. The summed E-state index contributed by atoms with van der Waals surface area (Å²) >= 11 is 0. The molecular weight excluding hydrogens is 228 g/mol.